The van der Waals surface area contributed by atoms with Crippen LogP contribution >= 0.6 is 0 Å². The lowest BCUT2D eigenvalue weighted by Crippen LogP contribution is -2.12. The van der Waals surface area contributed by atoms with Gasteiger partial charge in [0.05, 0.1) is 43.3 Å². The molecule has 0 spiro atoms. The van der Waals surface area contributed by atoms with Gasteiger partial charge in [-0.2, -0.15) is 18.4 Å². The Hall–Kier alpha value is -7.67. The molecular formula is C51H37F3N4O6S2. The highest BCUT2D eigenvalue weighted by molar-refractivity contribution is 7.90. The van der Waals surface area contributed by atoms with E-state index >= 15 is 13.2 Å². The molecule has 6 aromatic carbocycles. The minimum Gasteiger partial charge on any atom is -0.489 e. The van der Waals surface area contributed by atoms with Crippen molar-refractivity contribution >= 4 is 41.9 Å². The van der Waals surface area contributed by atoms with Gasteiger partial charge in [-0.15, -0.1) is 0 Å². The number of rotatable bonds is 12. The number of aryl methyl sites for hydroxylation is 2. The maximum atomic E-state index is 15.4. The number of benzene rings is 6. The first-order chi connectivity index (χ1) is 31.6. The molecule has 0 bridgehead atoms. The molecule has 0 fully saturated rings. The summed E-state index contributed by atoms with van der Waals surface area (Å²) in [5.74, 6) is 0.548. The molecule has 330 valence electrons. The average molecular weight is 923 g/mol. The summed E-state index contributed by atoms with van der Waals surface area (Å²) in [6, 6.07) is 42.2. The maximum Gasteiger partial charge on any atom is 0.417 e. The van der Waals surface area contributed by atoms with Crippen molar-refractivity contribution in [1.82, 2.24) is 12.9 Å². The minimum atomic E-state index is -5.13. The van der Waals surface area contributed by atoms with Crippen LogP contribution in [0.5, 0.6) is 11.5 Å². The first kappa shape index (κ1) is 43.6. The SMILES string of the molecule is Cc1ccc(S(=O)(=O)n2cc(-c3cc(C(F)(F)F)c(C#N)c(-c4cn(S(=O)(=O)c5ccc(C)cc5)c5ccc(OCc6ccccc6)cc45)n3)c3cc(OCc4ccccc4)ccc32)cc1. The van der Waals surface area contributed by atoms with Crippen LogP contribution in [0, 0.1) is 25.2 Å². The van der Waals surface area contributed by atoms with Crippen LogP contribution in [0.4, 0.5) is 13.2 Å². The van der Waals surface area contributed by atoms with Crippen molar-refractivity contribution in [3.8, 4) is 40.1 Å². The fourth-order valence-electron chi connectivity index (χ4n) is 7.67. The van der Waals surface area contributed by atoms with Crippen LogP contribution in [-0.4, -0.2) is 29.8 Å². The molecule has 0 N–H and O–H groups in total. The predicted octanol–water partition coefficient (Wildman–Crippen LogP) is 11.5. The number of pyridine rings is 1. The molecule has 0 aliphatic carbocycles. The van der Waals surface area contributed by atoms with Gasteiger partial charge in [0.25, 0.3) is 20.0 Å². The fraction of sp³-hybridized carbons (Fsp3) is 0.0980. The topological polar surface area (TPSA) is 133 Å². The lowest BCUT2D eigenvalue weighted by Gasteiger charge is -2.14. The molecule has 0 radical (unpaired) electrons. The number of halogens is 3. The number of nitriles is 1. The van der Waals surface area contributed by atoms with Gasteiger partial charge in [0.2, 0.25) is 0 Å². The molecular weight excluding hydrogens is 886 g/mol. The van der Waals surface area contributed by atoms with Crippen LogP contribution in [0.1, 0.15) is 33.4 Å². The number of nitrogens with zero attached hydrogens (tertiary/aromatic N) is 4. The maximum absolute atomic E-state index is 15.4. The van der Waals surface area contributed by atoms with E-state index in [4.69, 9.17) is 14.5 Å². The summed E-state index contributed by atoms with van der Waals surface area (Å²) in [6.45, 7) is 3.85. The largest absolute Gasteiger partial charge is 0.489 e. The van der Waals surface area contributed by atoms with E-state index in [9.17, 15) is 22.1 Å². The van der Waals surface area contributed by atoms with E-state index in [1.165, 1.54) is 54.7 Å². The highest BCUT2D eigenvalue weighted by atomic mass is 32.2. The van der Waals surface area contributed by atoms with E-state index in [0.29, 0.717) is 6.07 Å². The normalized spacial score (nSPS) is 12.1. The second kappa shape index (κ2) is 17.0. The zero-order valence-electron chi connectivity index (χ0n) is 35.2. The number of hydrogen-bond donors (Lipinski definition) is 0. The summed E-state index contributed by atoms with van der Waals surface area (Å²) in [4.78, 5) is 4.58. The molecule has 9 aromatic rings. The van der Waals surface area contributed by atoms with Gasteiger partial charge in [-0.1, -0.05) is 96.1 Å². The number of aromatic nitrogens is 3. The lowest BCUT2D eigenvalue weighted by molar-refractivity contribution is -0.137. The fourth-order valence-corrected chi connectivity index (χ4v) is 10.4. The van der Waals surface area contributed by atoms with E-state index in [-0.39, 0.29) is 73.1 Å². The molecule has 10 nitrogen and oxygen atoms in total. The highest BCUT2D eigenvalue weighted by Crippen LogP contribution is 2.44. The standard InChI is InChI=1S/C51H37F3N4O6S2/c1-33-13-19-39(20-14-33)65(59,60)57-29-44(41-25-37(17-23-48(41)57)63-31-35-9-5-3-6-10-35)47-27-46(51(52,53)54)43(28-55)50(56-47)45-30-58(66(61,62)40-21-15-34(2)16-22-40)49-24-18-38(26-42(45)49)64-32-36-11-7-4-8-12-36/h3-27,29-30H,31-32H2,1-2H3. The Morgan fingerprint density at radius 1 is 0.591 bits per heavy atom. The number of fused-ring (bicyclic) bond motifs is 2. The molecule has 0 aliphatic heterocycles. The molecule has 0 saturated heterocycles. The Balaban J connectivity index is 1.29. The zero-order valence-corrected chi connectivity index (χ0v) is 36.8. The summed E-state index contributed by atoms with van der Waals surface area (Å²) < 4.78 is 118. The third kappa shape index (κ3) is 8.28. The van der Waals surface area contributed by atoms with Crippen molar-refractivity contribution in [2.45, 2.75) is 43.0 Å². The number of alkyl halides is 3. The molecule has 0 saturated carbocycles. The molecule has 3 aromatic heterocycles. The predicted molar refractivity (Wildman–Crippen MR) is 245 cm³/mol. The van der Waals surface area contributed by atoms with Crippen LogP contribution in [0.25, 0.3) is 44.3 Å². The molecule has 3 heterocycles. The molecule has 0 unspecified atom stereocenters. The van der Waals surface area contributed by atoms with Gasteiger partial charge in [0.15, 0.2) is 0 Å². The van der Waals surface area contributed by atoms with Crippen molar-refractivity contribution in [2.75, 3.05) is 0 Å². The van der Waals surface area contributed by atoms with Gasteiger partial charge in [0, 0.05) is 34.3 Å². The van der Waals surface area contributed by atoms with Crippen LogP contribution in [0.2, 0.25) is 0 Å². The third-order valence-corrected chi connectivity index (χ3v) is 14.5. The van der Waals surface area contributed by atoms with Crippen LogP contribution in [-0.2, 0) is 39.4 Å². The summed E-state index contributed by atoms with van der Waals surface area (Å²) >= 11 is 0. The van der Waals surface area contributed by atoms with Gasteiger partial charge in [-0.3, -0.25) is 0 Å². The second-order valence-electron chi connectivity index (χ2n) is 15.6. The Bertz CT molecular complexity index is 3570. The van der Waals surface area contributed by atoms with E-state index in [0.717, 1.165) is 36.4 Å². The molecule has 0 atom stereocenters. The van der Waals surface area contributed by atoms with Crippen molar-refractivity contribution in [3.05, 3.63) is 197 Å². The number of ether oxygens (including phenoxy) is 2. The van der Waals surface area contributed by atoms with Crippen molar-refractivity contribution in [3.63, 3.8) is 0 Å². The Morgan fingerprint density at radius 2 is 1.03 bits per heavy atom. The summed E-state index contributed by atoms with van der Waals surface area (Å²) in [5.41, 5.74) is 0.194. The molecule has 0 amide bonds. The van der Waals surface area contributed by atoms with E-state index in [2.05, 4.69) is 0 Å². The first-order valence-electron chi connectivity index (χ1n) is 20.4. The second-order valence-corrected chi connectivity index (χ2v) is 19.2. The van der Waals surface area contributed by atoms with Gasteiger partial charge >= 0.3 is 6.18 Å². The monoisotopic (exact) mass is 922 g/mol. The van der Waals surface area contributed by atoms with Gasteiger partial charge < -0.3 is 9.47 Å². The summed E-state index contributed by atoms with van der Waals surface area (Å²) in [7, 11) is -8.76. The Morgan fingerprint density at radius 3 is 1.47 bits per heavy atom. The lowest BCUT2D eigenvalue weighted by atomic mass is 9.98. The zero-order chi connectivity index (χ0) is 46.4. The average Bonchev–Trinajstić information content (AvgIpc) is 3.90. The van der Waals surface area contributed by atoms with Crippen molar-refractivity contribution < 1.29 is 39.5 Å². The van der Waals surface area contributed by atoms with Crippen LogP contribution in [0.15, 0.2) is 174 Å². The van der Waals surface area contributed by atoms with E-state index in [1.54, 1.807) is 56.3 Å². The number of hydrogen-bond acceptors (Lipinski definition) is 8. The quantitative estimate of drug-likeness (QED) is 0.118. The Labute approximate surface area is 378 Å². The third-order valence-electron chi connectivity index (χ3n) is 11.1. The van der Waals surface area contributed by atoms with Gasteiger partial charge in [-0.05, 0) is 91.7 Å². The first-order valence-corrected chi connectivity index (χ1v) is 23.3. The van der Waals surface area contributed by atoms with E-state index in [1.807, 2.05) is 60.7 Å². The van der Waals surface area contributed by atoms with Crippen molar-refractivity contribution in [1.29, 1.82) is 5.26 Å². The smallest absolute Gasteiger partial charge is 0.417 e. The highest BCUT2D eigenvalue weighted by Gasteiger charge is 2.38. The molecule has 15 heteroatoms. The van der Waals surface area contributed by atoms with E-state index < -0.39 is 43.0 Å². The van der Waals surface area contributed by atoms with Gasteiger partial charge in [-0.25, -0.2) is 29.8 Å². The Kier molecular flexibility index (Phi) is 11.2. The van der Waals surface area contributed by atoms with Gasteiger partial charge in [0.1, 0.15) is 30.8 Å². The van der Waals surface area contributed by atoms with Crippen LogP contribution in [0.3, 0.4) is 0 Å². The molecule has 9 rings (SSSR count). The minimum absolute atomic E-state index is 0.0370. The summed E-state index contributed by atoms with van der Waals surface area (Å²) in [6.07, 6.45) is -2.79. The summed E-state index contributed by atoms with van der Waals surface area (Å²) in [5, 5.41) is 10.9. The molecule has 66 heavy (non-hydrogen) atoms. The molecule has 0 aliphatic rings. The van der Waals surface area contributed by atoms with Crippen molar-refractivity contribution in [2.24, 2.45) is 0 Å². The van der Waals surface area contributed by atoms with Crippen LogP contribution < -0.4 is 9.47 Å².